The van der Waals surface area contributed by atoms with Crippen LogP contribution in [0.3, 0.4) is 0 Å². The van der Waals surface area contributed by atoms with Crippen LogP contribution in [-0.4, -0.2) is 15.1 Å². The minimum absolute atomic E-state index is 0.0693. The van der Waals surface area contributed by atoms with E-state index in [0.717, 1.165) is 16.8 Å². The number of aliphatic hydroxyl groups excluding tert-OH is 1. The molecule has 2 rings (SSSR count). The van der Waals surface area contributed by atoms with Crippen LogP contribution in [0.25, 0.3) is 11.1 Å². The Morgan fingerprint density at radius 3 is 2.81 bits per heavy atom. The molecule has 0 radical (unpaired) electrons. The monoisotopic (exact) mass is 220 g/mol. The third kappa shape index (κ3) is 1.72. The van der Waals surface area contributed by atoms with Gasteiger partial charge in [-0.05, 0) is 19.9 Å². The largest absolute Gasteiger partial charge is 0.392 e. The van der Waals surface area contributed by atoms with Crippen LogP contribution < -0.4 is 0 Å². The van der Waals surface area contributed by atoms with Gasteiger partial charge in [-0.1, -0.05) is 0 Å². The zero-order valence-electron chi connectivity index (χ0n) is 9.21. The van der Waals surface area contributed by atoms with E-state index in [9.17, 15) is 9.50 Å². The van der Waals surface area contributed by atoms with E-state index in [1.807, 2.05) is 6.92 Å². The Kier molecular flexibility index (Phi) is 2.75. The number of hydrogen-bond donors (Lipinski definition) is 2. The standard InChI is InChI=1S/C12H13FN2O/c1-7-11(6-16)10(5-15-7)9-3-12(13)8(2)14-4-9/h3-5,15-16H,6H2,1-2H3. The summed E-state index contributed by atoms with van der Waals surface area (Å²) in [5.74, 6) is -0.333. The highest BCUT2D eigenvalue weighted by molar-refractivity contribution is 5.67. The van der Waals surface area contributed by atoms with Gasteiger partial charge in [-0.15, -0.1) is 0 Å². The molecule has 0 saturated heterocycles. The van der Waals surface area contributed by atoms with Crippen molar-refractivity contribution in [2.45, 2.75) is 20.5 Å². The maximum atomic E-state index is 13.4. The van der Waals surface area contributed by atoms with Gasteiger partial charge in [-0.3, -0.25) is 4.98 Å². The van der Waals surface area contributed by atoms with Gasteiger partial charge in [-0.2, -0.15) is 0 Å². The minimum atomic E-state index is -0.333. The van der Waals surface area contributed by atoms with Gasteiger partial charge >= 0.3 is 0 Å². The molecule has 0 fully saturated rings. The first-order valence-corrected chi connectivity index (χ1v) is 5.03. The van der Waals surface area contributed by atoms with Gasteiger partial charge in [0.25, 0.3) is 0 Å². The first-order valence-electron chi connectivity index (χ1n) is 5.03. The lowest BCUT2D eigenvalue weighted by Gasteiger charge is -2.03. The molecule has 0 aliphatic rings. The van der Waals surface area contributed by atoms with E-state index in [-0.39, 0.29) is 12.4 Å². The summed E-state index contributed by atoms with van der Waals surface area (Å²) in [4.78, 5) is 6.98. The fourth-order valence-electron chi connectivity index (χ4n) is 1.67. The van der Waals surface area contributed by atoms with E-state index < -0.39 is 0 Å². The Morgan fingerprint density at radius 2 is 2.19 bits per heavy atom. The van der Waals surface area contributed by atoms with E-state index >= 15 is 0 Å². The van der Waals surface area contributed by atoms with Crippen molar-refractivity contribution < 1.29 is 9.50 Å². The van der Waals surface area contributed by atoms with Gasteiger partial charge in [0.05, 0.1) is 12.3 Å². The van der Waals surface area contributed by atoms with E-state index in [4.69, 9.17) is 0 Å². The normalized spacial score (nSPS) is 10.8. The Balaban J connectivity index is 2.54. The molecular weight excluding hydrogens is 207 g/mol. The number of hydrogen-bond acceptors (Lipinski definition) is 2. The number of aromatic amines is 1. The molecule has 2 aromatic heterocycles. The summed E-state index contributed by atoms with van der Waals surface area (Å²) in [5.41, 5.74) is 3.52. The Hall–Kier alpha value is -1.68. The summed E-state index contributed by atoms with van der Waals surface area (Å²) < 4.78 is 13.4. The number of aliphatic hydroxyl groups is 1. The third-order valence-electron chi connectivity index (χ3n) is 2.71. The van der Waals surface area contributed by atoms with Crippen LogP contribution in [0, 0.1) is 19.7 Å². The van der Waals surface area contributed by atoms with Crippen molar-refractivity contribution in [3.8, 4) is 11.1 Å². The number of halogens is 1. The number of nitrogens with zero attached hydrogens (tertiary/aromatic N) is 1. The number of H-pyrrole nitrogens is 1. The van der Waals surface area contributed by atoms with E-state index in [1.54, 1.807) is 19.3 Å². The highest BCUT2D eigenvalue weighted by Crippen LogP contribution is 2.26. The number of rotatable bonds is 2. The van der Waals surface area contributed by atoms with E-state index in [2.05, 4.69) is 9.97 Å². The number of aromatic nitrogens is 2. The van der Waals surface area contributed by atoms with Crippen LogP contribution in [0.5, 0.6) is 0 Å². The lowest BCUT2D eigenvalue weighted by Crippen LogP contribution is -1.91. The van der Waals surface area contributed by atoms with Gasteiger partial charge in [0.1, 0.15) is 5.82 Å². The summed E-state index contributed by atoms with van der Waals surface area (Å²) in [6.45, 7) is 3.42. The Labute approximate surface area is 93.0 Å². The van der Waals surface area contributed by atoms with Gasteiger partial charge in [0.2, 0.25) is 0 Å². The fraction of sp³-hybridized carbons (Fsp3) is 0.250. The van der Waals surface area contributed by atoms with Crippen LogP contribution in [-0.2, 0) is 6.61 Å². The maximum Gasteiger partial charge on any atom is 0.145 e. The molecule has 0 unspecified atom stereocenters. The minimum Gasteiger partial charge on any atom is -0.392 e. The molecule has 0 bridgehead atoms. The fourth-order valence-corrected chi connectivity index (χ4v) is 1.67. The molecule has 3 nitrogen and oxygen atoms in total. The number of aryl methyl sites for hydroxylation is 2. The molecule has 16 heavy (non-hydrogen) atoms. The van der Waals surface area contributed by atoms with Crippen LogP contribution >= 0.6 is 0 Å². The summed E-state index contributed by atoms with van der Waals surface area (Å²) in [7, 11) is 0. The quantitative estimate of drug-likeness (QED) is 0.816. The first kappa shape index (κ1) is 10.8. The molecule has 0 aliphatic carbocycles. The molecule has 0 amide bonds. The van der Waals surface area contributed by atoms with E-state index in [0.29, 0.717) is 11.3 Å². The average Bonchev–Trinajstić information content (AvgIpc) is 2.63. The smallest absolute Gasteiger partial charge is 0.145 e. The topological polar surface area (TPSA) is 48.9 Å². The highest BCUT2D eigenvalue weighted by atomic mass is 19.1. The van der Waals surface area contributed by atoms with Gasteiger partial charge in [0.15, 0.2) is 0 Å². The molecule has 2 N–H and O–H groups in total. The zero-order valence-corrected chi connectivity index (χ0v) is 9.21. The second-order valence-corrected chi connectivity index (χ2v) is 3.76. The SMILES string of the molecule is Cc1ncc(-c2c[nH]c(C)c2CO)cc1F. The average molecular weight is 220 g/mol. The van der Waals surface area contributed by atoms with Crippen molar-refractivity contribution in [3.63, 3.8) is 0 Å². The lowest BCUT2D eigenvalue weighted by molar-refractivity contribution is 0.281. The summed E-state index contributed by atoms with van der Waals surface area (Å²) in [6.07, 6.45) is 3.37. The Morgan fingerprint density at radius 1 is 1.44 bits per heavy atom. The van der Waals surface area contributed by atoms with Crippen molar-refractivity contribution in [3.05, 3.63) is 41.2 Å². The second-order valence-electron chi connectivity index (χ2n) is 3.76. The zero-order chi connectivity index (χ0) is 11.7. The van der Waals surface area contributed by atoms with Crippen LogP contribution in [0.4, 0.5) is 4.39 Å². The summed E-state index contributed by atoms with van der Waals surface area (Å²) in [6, 6.07) is 1.43. The lowest BCUT2D eigenvalue weighted by atomic mass is 10.1. The first-order chi connectivity index (χ1) is 7.63. The van der Waals surface area contributed by atoms with Crippen LogP contribution in [0.2, 0.25) is 0 Å². The van der Waals surface area contributed by atoms with Gasteiger partial charge < -0.3 is 10.1 Å². The molecule has 0 aliphatic heterocycles. The number of pyridine rings is 1. The summed E-state index contributed by atoms with van der Waals surface area (Å²) in [5, 5.41) is 9.24. The van der Waals surface area contributed by atoms with Crippen molar-refractivity contribution >= 4 is 0 Å². The molecular formula is C12H13FN2O. The maximum absolute atomic E-state index is 13.4. The third-order valence-corrected chi connectivity index (χ3v) is 2.71. The second kappa shape index (κ2) is 4.06. The molecule has 0 saturated carbocycles. The van der Waals surface area contributed by atoms with Crippen molar-refractivity contribution in [1.29, 1.82) is 0 Å². The molecule has 0 atom stereocenters. The molecule has 2 aromatic rings. The highest BCUT2D eigenvalue weighted by Gasteiger charge is 2.11. The molecule has 2 heterocycles. The van der Waals surface area contributed by atoms with Crippen LogP contribution in [0.1, 0.15) is 17.0 Å². The predicted octanol–water partition coefficient (Wildman–Crippen LogP) is 2.32. The molecule has 0 aromatic carbocycles. The Bertz CT molecular complexity index is 520. The molecule has 84 valence electrons. The van der Waals surface area contributed by atoms with Crippen molar-refractivity contribution in [2.24, 2.45) is 0 Å². The molecule has 0 spiro atoms. The van der Waals surface area contributed by atoms with Gasteiger partial charge in [0, 0.05) is 34.8 Å². The van der Waals surface area contributed by atoms with Crippen LogP contribution in [0.15, 0.2) is 18.5 Å². The van der Waals surface area contributed by atoms with E-state index in [1.165, 1.54) is 6.07 Å². The van der Waals surface area contributed by atoms with Gasteiger partial charge in [-0.25, -0.2) is 4.39 Å². The summed E-state index contributed by atoms with van der Waals surface area (Å²) >= 11 is 0. The number of nitrogens with one attached hydrogen (secondary N) is 1. The molecule has 4 heteroatoms. The predicted molar refractivity (Wildman–Crippen MR) is 59.4 cm³/mol. The van der Waals surface area contributed by atoms with Crippen molar-refractivity contribution in [1.82, 2.24) is 9.97 Å². The van der Waals surface area contributed by atoms with Crippen molar-refractivity contribution in [2.75, 3.05) is 0 Å².